The van der Waals surface area contributed by atoms with Crippen molar-refractivity contribution in [3.05, 3.63) is 83.4 Å². The van der Waals surface area contributed by atoms with E-state index in [2.05, 4.69) is 6.92 Å². The highest BCUT2D eigenvalue weighted by Gasteiger charge is 2.29. The summed E-state index contributed by atoms with van der Waals surface area (Å²) >= 11 is 1.66. The predicted octanol–water partition coefficient (Wildman–Crippen LogP) is 7.47. The maximum atomic E-state index is 12.7. The van der Waals surface area contributed by atoms with Crippen molar-refractivity contribution in [3.63, 3.8) is 0 Å². The van der Waals surface area contributed by atoms with Gasteiger partial charge in [-0.1, -0.05) is 49.7 Å². The summed E-state index contributed by atoms with van der Waals surface area (Å²) in [4.78, 5) is 11.9. The van der Waals surface area contributed by atoms with Gasteiger partial charge in [-0.25, -0.2) is 4.79 Å². The molecule has 0 unspecified atom stereocenters. The molecule has 3 aromatic rings. The van der Waals surface area contributed by atoms with Gasteiger partial charge in [0, 0.05) is 10.6 Å². The molecule has 0 fully saturated rings. The zero-order valence-corrected chi connectivity index (χ0v) is 19.0. The Labute approximate surface area is 195 Å². The largest absolute Gasteiger partial charge is 0.482 e. The first-order chi connectivity index (χ1) is 15.8. The van der Waals surface area contributed by atoms with E-state index in [1.54, 1.807) is 11.8 Å². The highest BCUT2D eigenvalue weighted by molar-refractivity contribution is 7.98. The number of alkyl halides is 3. The van der Waals surface area contributed by atoms with Crippen LogP contribution >= 0.6 is 11.8 Å². The first kappa shape index (κ1) is 24.7. The lowest BCUT2D eigenvalue weighted by Gasteiger charge is -2.12. The van der Waals surface area contributed by atoms with Gasteiger partial charge in [0.2, 0.25) is 0 Å². The molecule has 0 saturated heterocycles. The molecular weight excluding hydrogens is 449 g/mol. The second kappa shape index (κ2) is 11.3. The van der Waals surface area contributed by atoms with E-state index in [9.17, 15) is 18.0 Å². The predicted molar refractivity (Wildman–Crippen MR) is 125 cm³/mol. The molecule has 0 heterocycles. The van der Waals surface area contributed by atoms with Gasteiger partial charge in [-0.15, -0.1) is 11.8 Å². The molecule has 0 aromatic heterocycles. The van der Waals surface area contributed by atoms with Crippen molar-refractivity contribution in [2.45, 2.75) is 43.0 Å². The fourth-order valence-electron chi connectivity index (χ4n) is 3.30. The molecule has 3 rings (SSSR count). The topological polar surface area (TPSA) is 46.5 Å². The van der Waals surface area contributed by atoms with E-state index in [0.29, 0.717) is 5.75 Å². The van der Waals surface area contributed by atoms with E-state index in [-0.39, 0.29) is 6.61 Å². The number of carboxylic acids is 1. The number of thioether (sulfide) groups is 1. The summed E-state index contributed by atoms with van der Waals surface area (Å²) in [5.41, 5.74) is 3.04. The Morgan fingerprint density at radius 2 is 1.61 bits per heavy atom. The molecule has 3 nitrogen and oxygen atoms in total. The number of carboxylic acid groups (broad SMARTS) is 1. The van der Waals surface area contributed by atoms with Crippen LogP contribution in [0.15, 0.2) is 71.6 Å². The summed E-state index contributed by atoms with van der Waals surface area (Å²) in [6.45, 7) is 1.74. The van der Waals surface area contributed by atoms with Gasteiger partial charge < -0.3 is 9.84 Å². The molecule has 0 aliphatic rings. The number of hydrogen-bond donors (Lipinski definition) is 1. The number of aryl methyl sites for hydroxylation is 1. The van der Waals surface area contributed by atoms with Gasteiger partial charge >= 0.3 is 12.1 Å². The third-order valence-electron chi connectivity index (χ3n) is 5.09. The Balaban J connectivity index is 1.65. The SMILES string of the molecule is CCCCc1cc(SCc2ccc(-c3ccc(C(F)(F)F)cc3)cc2)ccc1OCC(=O)O. The number of carbonyl (C=O) groups is 1. The molecule has 0 saturated carbocycles. The molecule has 1 N–H and O–H groups in total. The average Bonchev–Trinajstić information content (AvgIpc) is 2.80. The zero-order chi connectivity index (χ0) is 23.8. The lowest BCUT2D eigenvalue weighted by molar-refractivity contribution is -0.139. The smallest absolute Gasteiger partial charge is 0.416 e. The molecule has 0 amide bonds. The van der Waals surface area contributed by atoms with Crippen LogP contribution in [0.5, 0.6) is 5.75 Å². The summed E-state index contributed by atoms with van der Waals surface area (Å²) in [6.07, 6.45) is -1.50. The van der Waals surface area contributed by atoms with Gasteiger partial charge in [0.25, 0.3) is 0 Å². The van der Waals surface area contributed by atoms with Gasteiger partial charge in [-0.3, -0.25) is 0 Å². The number of aliphatic carboxylic acids is 1. The minimum absolute atomic E-state index is 0.364. The Hall–Kier alpha value is -2.93. The van der Waals surface area contributed by atoms with E-state index < -0.39 is 17.7 Å². The zero-order valence-electron chi connectivity index (χ0n) is 18.2. The highest BCUT2D eigenvalue weighted by atomic mass is 32.2. The van der Waals surface area contributed by atoms with E-state index >= 15 is 0 Å². The molecule has 0 bridgehead atoms. The monoisotopic (exact) mass is 474 g/mol. The quantitative estimate of drug-likeness (QED) is 0.310. The molecule has 7 heteroatoms. The first-order valence-electron chi connectivity index (χ1n) is 10.6. The van der Waals surface area contributed by atoms with Crippen molar-refractivity contribution in [3.8, 4) is 16.9 Å². The Morgan fingerprint density at radius 3 is 2.18 bits per heavy atom. The maximum Gasteiger partial charge on any atom is 0.416 e. The van der Waals surface area contributed by atoms with Crippen LogP contribution in [-0.2, 0) is 23.1 Å². The Kier molecular flexibility index (Phi) is 8.44. The summed E-state index contributed by atoms with van der Waals surface area (Å²) in [5.74, 6) is 0.335. The molecule has 174 valence electrons. The molecule has 0 atom stereocenters. The fourth-order valence-corrected chi connectivity index (χ4v) is 4.22. The fraction of sp³-hybridized carbons (Fsp3) is 0.269. The van der Waals surface area contributed by atoms with Crippen LogP contribution < -0.4 is 4.74 Å². The average molecular weight is 475 g/mol. The van der Waals surface area contributed by atoms with E-state index in [0.717, 1.165) is 64.3 Å². The minimum atomic E-state index is -4.34. The summed E-state index contributed by atoms with van der Waals surface area (Å²) in [7, 11) is 0. The summed E-state index contributed by atoms with van der Waals surface area (Å²) in [5, 5.41) is 8.87. The lowest BCUT2D eigenvalue weighted by Crippen LogP contribution is -2.10. The lowest BCUT2D eigenvalue weighted by atomic mass is 10.0. The van der Waals surface area contributed by atoms with E-state index in [4.69, 9.17) is 9.84 Å². The normalized spacial score (nSPS) is 11.4. The second-order valence-electron chi connectivity index (χ2n) is 7.62. The van der Waals surface area contributed by atoms with Crippen LogP contribution in [0.2, 0.25) is 0 Å². The van der Waals surface area contributed by atoms with Crippen molar-refractivity contribution >= 4 is 17.7 Å². The molecular formula is C26H25F3O3S. The number of unbranched alkanes of at least 4 members (excludes halogenated alkanes) is 1. The van der Waals surface area contributed by atoms with Crippen molar-refractivity contribution in [1.82, 2.24) is 0 Å². The molecule has 3 aromatic carbocycles. The van der Waals surface area contributed by atoms with Gasteiger partial charge in [-0.05, 0) is 65.4 Å². The van der Waals surface area contributed by atoms with Crippen LogP contribution in [0.1, 0.15) is 36.5 Å². The van der Waals surface area contributed by atoms with Gasteiger partial charge in [0.15, 0.2) is 6.61 Å². The van der Waals surface area contributed by atoms with Gasteiger partial charge in [0.05, 0.1) is 5.56 Å². The van der Waals surface area contributed by atoms with Crippen LogP contribution in [0.3, 0.4) is 0 Å². The van der Waals surface area contributed by atoms with E-state index in [1.165, 1.54) is 12.1 Å². The Morgan fingerprint density at radius 1 is 0.970 bits per heavy atom. The first-order valence-corrected chi connectivity index (χ1v) is 11.6. The standard InChI is InChI=1S/C26H25F3O3S/c1-2-3-4-21-15-23(13-14-24(21)32-16-25(30)31)33-17-18-5-7-19(8-6-18)20-9-11-22(12-10-20)26(27,28)29/h5-15H,2-4,16-17H2,1H3,(H,30,31). The molecule has 0 aliphatic carbocycles. The third kappa shape index (κ3) is 7.29. The summed E-state index contributed by atoms with van der Waals surface area (Å²) < 4.78 is 43.7. The number of halogens is 3. The number of hydrogen-bond acceptors (Lipinski definition) is 3. The van der Waals surface area contributed by atoms with Crippen LogP contribution in [0.25, 0.3) is 11.1 Å². The number of benzene rings is 3. The van der Waals surface area contributed by atoms with E-state index in [1.807, 2.05) is 42.5 Å². The van der Waals surface area contributed by atoms with Gasteiger partial charge in [0.1, 0.15) is 5.75 Å². The molecule has 33 heavy (non-hydrogen) atoms. The van der Waals surface area contributed by atoms with Crippen LogP contribution in [-0.4, -0.2) is 17.7 Å². The van der Waals surface area contributed by atoms with Crippen molar-refractivity contribution in [2.75, 3.05) is 6.61 Å². The second-order valence-corrected chi connectivity index (χ2v) is 8.66. The molecule has 0 aliphatic heterocycles. The Bertz CT molecular complexity index is 1060. The van der Waals surface area contributed by atoms with Crippen molar-refractivity contribution in [1.29, 1.82) is 0 Å². The highest BCUT2D eigenvalue weighted by Crippen LogP contribution is 2.32. The molecule has 0 radical (unpaired) electrons. The van der Waals surface area contributed by atoms with Crippen LogP contribution in [0, 0.1) is 0 Å². The molecule has 0 spiro atoms. The maximum absolute atomic E-state index is 12.7. The minimum Gasteiger partial charge on any atom is -0.482 e. The van der Waals surface area contributed by atoms with Crippen LogP contribution in [0.4, 0.5) is 13.2 Å². The summed E-state index contributed by atoms with van der Waals surface area (Å²) in [6, 6.07) is 18.7. The number of rotatable bonds is 10. The van der Waals surface area contributed by atoms with Crippen molar-refractivity contribution < 1.29 is 27.8 Å². The third-order valence-corrected chi connectivity index (χ3v) is 6.15. The van der Waals surface area contributed by atoms with Gasteiger partial charge in [-0.2, -0.15) is 13.2 Å². The van der Waals surface area contributed by atoms with Crippen molar-refractivity contribution in [2.24, 2.45) is 0 Å². The number of ether oxygens (including phenoxy) is 1.